The second kappa shape index (κ2) is 6.02. The number of benzene rings is 2. The summed E-state index contributed by atoms with van der Waals surface area (Å²) in [6.45, 7) is 1.97. The first kappa shape index (κ1) is 13.1. The summed E-state index contributed by atoms with van der Waals surface area (Å²) in [4.78, 5) is 11.8. The standard InChI is InChI=1S/C15H17N3O/c1-11(12-7-9-14(16)10-8-12)17-18-15(19)13-5-3-2-4-6-13/h2-11,17H,16H2,1H3,(H,18,19). The average molecular weight is 255 g/mol. The first-order valence-corrected chi connectivity index (χ1v) is 6.13. The Morgan fingerprint density at radius 2 is 1.68 bits per heavy atom. The van der Waals surface area contributed by atoms with Crippen molar-refractivity contribution in [3.05, 3.63) is 65.7 Å². The molecule has 0 fully saturated rings. The maximum Gasteiger partial charge on any atom is 0.265 e. The minimum Gasteiger partial charge on any atom is -0.399 e. The predicted molar refractivity (Wildman–Crippen MR) is 76.3 cm³/mol. The van der Waals surface area contributed by atoms with Gasteiger partial charge in [0.2, 0.25) is 0 Å². The largest absolute Gasteiger partial charge is 0.399 e. The van der Waals surface area contributed by atoms with Crippen molar-refractivity contribution >= 4 is 11.6 Å². The molecule has 2 aromatic carbocycles. The van der Waals surface area contributed by atoms with Gasteiger partial charge in [-0.25, -0.2) is 5.43 Å². The highest BCUT2D eigenvalue weighted by Gasteiger charge is 2.07. The number of carbonyl (C=O) groups excluding carboxylic acids is 1. The number of carbonyl (C=O) groups is 1. The third-order valence-electron chi connectivity index (χ3n) is 2.87. The van der Waals surface area contributed by atoms with Crippen molar-refractivity contribution in [3.8, 4) is 0 Å². The summed E-state index contributed by atoms with van der Waals surface area (Å²) in [7, 11) is 0. The number of hydrogen-bond acceptors (Lipinski definition) is 3. The number of nitrogen functional groups attached to an aromatic ring is 1. The fraction of sp³-hybridized carbons (Fsp3) is 0.133. The minimum absolute atomic E-state index is 0.00765. The number of nitrogens with one attached hydrogen (secondary N) is 2. The molecule has 0 aliphatic carbocycles. The first-order valence-electron chi connectivity index (χ1n) is 6.13. The molecule has 98 valence electrons. The Morgan fingerprint density at radius 1 is 1.05 bits per heavy atom. The summed E-state index contributed by atoms with van der Waals surface area (Å²) >= 11 is 0. The van der Waals surface area contributed by atoms with E-state index in [0.29, 0.717) is 5.56 Å². The van der Waals surface area contributed by atoms with Crippen molar-refractivity contribution in [2.24, 2.45) is 0 Å². The maximum absolute atomic E-state index is 11.8. The zero-order chi connectivity index (χ0) is 13.7. The van der Waals surface area contributed by atoms with Crippen LogP contribution in [0, 0.1) is 0 Å². The summed E-state index contributed by atoms with van der Waals surface area (Å²) in [6.07, 6.45) is 0. The summed E-state index contributed by atoms with van der Waals surface area (Å²) < 4.78 is 0. The van der Waals surface area contributed by atoms with Gasteiger partial charge in [0.15, 0.2) is 0 Å². The molecule has 1 atom stereocenters. The Kier molecular flexibility index (Phi) is 4.15. The van der Waals surface area contributed by atoms with Crippen LogP contribution in [-0.2, 0) is 0 Å². The van der Waals surface area contributed by atoms with Crippen molar-refractivity contribution in [1.82, 2.24) is 10.9 Å². The van der Waals surface area contributed by atoms with E-state index in [-0.39, 0.29) is 11.9 Å². The monoisotopic (exact) mass is 255 g/mol. The lowest BCUT2D eigenvalue weighted by atomic mass is 10.1. The molecule has 0 radical (unpaired) electrons. The molecule has 2 rings (SSSR count). The lowest BCUT2D eigenvalue weighted by molar-refractivity contribution is 0.0926. The molecule has 4 N–H and O–H groups in total. The normalized spacial score (nSPS) is 11.8. The topological polar surface area (TPSA) is 67.1 Å². The molecule has 4 nitrogen and oxygen atoms in total. The fourth-order valence-electron chi connectivity index (χ4n) is 1.70. The second-order valence-electron chi connectivity index (χ2n) is 4.35. The Labute approximate surface area is 112 Å². The number of hydrazine groups is 1. The molecule has 0 bridgehead atoms. The van der Waals surface area contributed by atoms with E-state index in [0.717, 1.165) is 11.3 Å². The molecule has 2 aromatic rings. The smallest absolute Gasteiger partial charge is 0.265 e. The highest BCUT2D eigenvalue weighted by Crippen LogP contribution is 2.13. The van der Waals surface area contributed by atoms with Gasteiger partial charge in [0, 0.05) is 17.3 Å². The van der Waals surface area contributed by atoms with Gasteiger partial charge in [-0.15, -0.1) is 0 Å². The Bertz CT molecular complexity index is 537. The van der Waals surface area contributed by atoms with Gasteiger partial charge in [0.05, 0.1) is 0 Å². The lowest BCUT2D eigenvalue weighted by Crippen LogP contribution is -2.39. The fourth-order valence-corrected chi connectivity index (χ4v) is 1.70. The van der Waals surface area contributed by atoms with Crippen molar-refractivity contribution in [2.75, 3.05) is 5.73 Å². The summed E-state index contributed by atoms with van der Waals surface area (Å²) in [5.41, 5.74) is 13.7. The molecular weight excluding hydrogens is 238 g/mol. The van der Waals surface area contributed by atoms with Crippen LogP contribution < -0.4 is 16.6 Å². The van der Waals surface area contributed by atoms with Crippen molar-refractivity contribution in [1.29, 1.82) is 0 Å². The van der Waals surface area contributed by atoms with E-state index in [2.05, 4.69) is 10.9 Å². The molecule has 0 heterocycles. The molecule has 0 saturated carbocycles. The van der Waals surface area contributed by atoms with Crippen LogP contribution in [0.3, 0.4) is 0 Å². The van der Waals surface area contributed by atoms with Crippen molar-refractivity contribution in [2.45, 2.75) is 13.0 Å². The summed E-state index contributed by atoms with van der Waals surface area (Å²) in [5.74, 6) is -0.150. The van der Waals surface area contributed by atoms with Crippen LogP contribution in [0.5, 0.6) is 0 Å². The van der Waals surface area contributed by atoms with Crippen molar-refractivity contribution in [3.63, 3.8) is 0 Å². The van der Waals surface area contributed by atoms with E-state index >= 15 is 0 Å². The van der Waals surface area contributed by atoms with Crippen LogP contribution in [0.4, 0.5) is 5.69 Å². The zero-order valence-corrected chi connectivity index (χ0v) is 10.8. The number of nitrogens with two attached hydrogens (primary N) is 1. The Balaban J connectivity index is 1.92. The van der Waals surface area contributed by atoms with Crippen LogP contribution in [0.25, 0.3) is 0 Å². The molecule has 19 heavy (non-hydrogen) atoms. The van der Waals surface area contributed by atoms with Gasteiger partial charge in [-0.2, -0.15) is 0 Å². The van der Waals surface area contributed by atoms with Crippen molar-refractivity contribution < 1.29 is 4.79 Å². The molecule has 1 amide bonds. The molecule has 1 unspecified atom stereocenters. The van der Waals surface area contributed by atoms with Crippen LogP contribution in [0.15, 0.2) is 54.6 Å². The van der Waals surface area contributed by atoms with E-state index < -0.39 is 0 Å². The maximum atomic E-state index is 11.8. The Hall–Kier alpha value is -2.33. The first-order chi connectivity index (χ1) is 9.16. The number of amides is 1. The number of anilines is 1. The quantitative estimate of drug-likeness (QED) is 0.580. The van der Waals surface area contributed by atoms with Gasteiger partial charge in [0.1, 0.15) is 0 Å². The van der Waals surface area contributed by atoms with Gasteiger partial charge < -0.3 is 5.73 Å². The molecule has 0 aromatic heterocycles. The third kappa shape index (κ3) is 3.56. The van der Waals surface area contributed by atoms with Crippen LogP contribution >= 0.6 is 0 Å². The molecular formula is C15H17N3O. The van der Waals surface area contributed by atoms with Gasteiger partial charge in [-0.3, -0.25) is 10.2 Å². The van der Waals surface area contributed by atoms with Gasteiger partial charge in [0.25, 0.3) is 5.91 Å². The summed E-state index contributed by atoms with van der Waals surface area (Å²) in [6, 6.07) is 16.6. The molecule has 0 saturated heterocycles. The summed E-state index contributed by atoms with van der Waals surface area (Å²) in [5, 5.41) is 0. The van der Waals surface area contributed by atoms with Gasteiger partial charge >= 0.3 is 0 Å². The van der Waals surface area contributed by atoms with E-state index in [1.807, 2.05) is 49.4 Å². The van der Waals surface area contributed by atoms with Crippen LogP contribution in [0.1, 0.15) is 28.9 Å². The van der Waals surface area contributed by atoms with E-state index in [9.17, 15) is 4.79 Å². The molecule has 0 aliphatic heterocycles. The highest BCUT2D eigenvalue weighted by atomic mass is 16.2. The van der Waals surface area contributed by atoms with E-state index in [1.165, 1.54) is 0 Å². The van der Waals surface area contributed by atoms with Gasteiger partial charge in [-0.05, 0) is 36.8 Å². The lowest BCUT2D eigenvalue weighted by Gasteiger charge is -2.15. The third-order valence-corrected chi connectivity index (χ3v) is 2.87. The predicted octanol–water partition coefficient (Wildman–Crippen LogP) is 2.26. The van der Waals surface area contributed by atoms with Crippen LogP contribution in [-0.4, -0.2) is 5.91 Å². The van der Waals surface area contributed by atoms with Gasteiger partial charge in [-0.1, -0.05) is 30.3 Å². The second-order valence-corrected chi connectivity index (χ2v) is 4.35. The minimum atomic E-state index is -0.150. The van der Waals surface area contributed by atoms with E-state index in [1.54, 1.807) is 12.1 Å². The zero-order valence-electron chi connectivity index (χ0n) is 10.8. The SMILES string of the molecule is CC(NNC(=O)c1ccccc1)c1ccc(N)cc1. The average Bonchev–Trinajstić information content (AvgIpc) is 2.46. The number of hydrogen-bond donors (Lipinski definition) is 3. The van der Waals surface area contributed by atoms with Crippen LogP contribution in [0.2, 0.25) is 0 Å². The Morgan fingerprint density at radius 3 is 2.32 bits per heavy atom. The highest BCUT2D eigenvalue weighted by molar-refractivity contribution is 5.93. The molecule has 0 aliphatic rings. The molecule has 4 heteroatoms. The number of rotatable bonds is 4. The molecule has 0 spiro atoms. The van der Waals surface area contributed by atoms with E-state index in [4.69, 9.17) is 5.73 Å².